The minimum absolute atomic E-state index is 0.0377. The van der Waals surface area contributed by atoms with E-state index in [0.29, 0.717) is 13.0 Å². The number of pyridine rings is 1. The van der Waals surface area contributed by atoms with Gasteiger partial charge in [0, 0.05) is 35.7 Å². The van der Waals surface area contributed by atoms with Crippen molar-refractivity contribution in [2.24, 2.45) is 5.10 Å². The molecule has 0 saturated carbocycles. The predicted molar refractivity (Wildman–Crippen MR) is 147 cm³/mol. The van der Waals surface area contributed by atoms with Crippen molar-refractivity contribution in [1.29, 1.82) is 0 Å². The SMILES string of the molecule is CCOc1ccc(C2CC(c3c(C)nc4ccc(C)cc4c3-c3ccccc3)=NN2C(=O)COC)cc1. The maximum atomic E-state index is 13.1. The zero-order valence-electron chi connectivity index (χ0n) is 21.7. The summed E-state index contributed by atoms with van der Waals surface area (Å²) in [6, 6.07) is 24.3. The van der Waals surface area contributed by atoms with E-state index < -0.39 is 0 Å². The number of hydrogen-bond donors (Lipinski definition) is 0. The summed E-state index contributed by atoms with van der Waals surface area (Å²) < 4.78 is 10.8. The first-order valence-electron chi connectivity index (χ1n) is 12.6. The summed E-state index contributed by atoms with van der Waals surface area (Å²) in [5.41, 5.74) is 8.01. The zero-order chi connectivity index (χ0) is 25.9. The largest absolute Gasteiger partial charge is 0.494 e. The third-order valence-electron chi connectivity index (χ3n) is 6.68. The molecule has 0 fully saturated rings. The van der Waals surface area contributed by atoms with Crippen LogP contribution in [0.1, 0.15) is 41.8 Å². The molecule has 1 aliphatic rings. The van der Waals surface area contributed by atoms with Gasteiger partial charge in [0.05, 0.1) is 23.9 Å². The molecule has 6 nitrogen and oxygen atoms in total. The highest BCUT2D eigenvalue weighted by atomic mass is 16.5. The standard InChI is InChI=1S/C31H31N3O3/c1-5-37-24-14-12-22(13-15-24)28-18-27(33-34(28)29(35)19-36-4)30-21(3)32-26-16-11-20(2)17-25(26)31(30)23-9-7-6-8-10-23/h6-17,28H,5,18-19H2,1-4H3. The van der Waals surface area contributed by atoms with Gasteiger partial charge in [-0.05, 0) is 56.2 Å². The van der Waals surface area contributed by atoms with Gasteiger partial charge in [-0.1, -0.05) is 54.1 Å². The number of fused-ring (bicyclic) bond motifs is 1. The minimum atomic E-state index is -0.246. The van der Waals surface area contributed by atoms with Gasteiger partial charge in [0.25, 0.3) is 5.91 Å². The Kier molecular flexibility index (Phi) is 7.01. The Bertz CT molecular complexity index is 1460. The fraction of sp³-hybridized carbons (Fsp3) is 0.258. The van der Waals surface area contributed by atoms with Crippen molar-refractivity contribution in [2.45, 2.75) is 33.2 Å². The van der Waals surface area contributed by atoms with E-state index in [9.17, 15) is 4.79 Å². The topological polar surface area (TPSA) is 64.0 Å². The van der Waals surface area contributed by atoms with Crippen molar-refractivity contribution in [2.75, 3.05) is 20.3 Å². The van der Waals surface area contributed by atoms with Crippen molar-refractivity contribution in [3.63, 3.8) is 0 Å². The van der Waals surface area contributed by atoms with Gasteiger partial charge < -0.3 is 9.47 Å². The molecule has 3 aromatic carbocycles. The summed E-state index contributed by atoms with van der Waals surface area (Å²) in [6.07, 6.45) is 0.573. The average molecular weight is 494 g/mol. The number of methoxy groups -OCH3 is 1. The first kappa shape index (κ1) is 24.7. The van der Waals surface area contributed by atoms with E-state index in [0.717, 1.165) is 50.3 Å². The van der Waals surface area contributed by atoms with Gasteiger partial charge in [0.2, 0.25) is 0 Å². The fourth-order valence-corrected chi connectivity index (χ4v) is 5.05. The number of hydrogen-bond acceptors (Lipinski definition) is 5. The quantitative estimate of drug-likeness (QED) is 0.306. The molecule has 0 N–H and O–H groups in total. The molecule has 188 valence electrons. The van der Waals surface area contributed by atoms with E-state index in [-0.39, 0.29) is 18.6 Å². The number of aromatic nitrogens is 1. The molecule has 4 aromatic rings. The molecule has 1 unspecified atom stereocenters. The third-order valence-corrected chi connectivity index (χ3v) is 6.68. The number of rotatable bonds is 7. The molecule has 1 atom stereocenters. The van der Waals surface area contributed by atoms with E-state index in [1.54, 1.807) is 5.01 Å². The van der Waals surface area contributed by atoms with Gasteiger partial charge in [-0.3, -0.25) is 9.78 Å². The van der Waals surface area contributed by atoms with E-state index in [4.69, 9.17) is 19.6 Å². The first-order chi connectivity index (χ1) is 18.0. The number of carbonyl (C=O) groups is 1. The first-order valence-corrected chi connectivity index (χ1v) is 12.6. The molecule has 37 heavy (non-hydrogen) atoms. The molecule has 1 aliphatic heterocycles. The number of hydrazone groups is 1. The molecule has 0 aliphatic carbocycles. The highest BCUT2D eigenvalue weighted by Gasteiger charge is 2.35. The number of ether oxygens (including phenoxy) is 2. The molecular weight excluding hydrogens is 462 g/mol. The van der Waals surface area contributed by atoms with Gasteiger partial charge >= 0.3 is 0 Å². The normalized spacial score (nSPS) is 15.2. The number of aryl methyl sites for hydroxylation is 2. The van der Waals surface area contributed by atoms with Crippen molar-refractivity contribution >= 4 is 22.5 Å². The highest BCUT2D eigenvalue weighted by molar-refractivity contribution is 6.14. The lowest BCUT2D eigenvalue weighted by molar-refractivity contribution is -0.137. The second kappa shape index (κ2) is 10.5. The van der Waals surface area contributed by atoms with Gasteiger partial charge in [0.1, 0.15) is 12.4 Å². The summed E-state index contributed by atoms with van der Waals surface area (Å²) >= 11 is 0. The number of carbonyl (C=O) groups excluding carboxylic acids is 1. The Hall–Kier alpha value is -4.03. The van der Waals surface area contributed by atoms with E-state index in [2.05, 4.69) is 37.3 Å². The van der Waals surface area contributed by atoms with Crippen LogP contribution in [0.15, 0.2) is 77.9 Å². The number of benzene rings is 3. The minimum Gasteiger partial charge on any atom is -0.494 e. The lowest BCUT2D eigenvalue weighted by atomic mass is 9.89. The summed E-state index contributed by atoms with van der Waals surface area (Å²) in [6.45, 7) is 6.64. The fourth-order valence-electron chi connectivity index (χ4n) is 5.05. The molecule has 0 saturated heterocycles. The summed E-state index contributed by atoms with van der Waals surface area (Å²) in [4.78, 5) is 18.1. The summed E-state index contributed by atoms with van der Waals surface area (Å²) in [5, 5.41) is 7.57. The Balaban J connectivity index is 1.67. The Labute approximate surface area is 217 Å². The van der Waals surface area contributed by atoms with Gasteiger partial charge in [-0.2, -0.15) is 5.10 Å². The van der Waals surface area contributed by atoms with Crippen LogP contribution < -0.4 is 4.74 Å². The number of amides is 1. The second-order valence-electron chi connectivity index (χ2n) is 9.27. The smallest absolute Gasteiger partial charge is 0.269 e. The molecular formula is C31H31N3O3. The molecule has 6 heteroatoms. The number of nitrogens with zero attached hydrogens (tertiary/aromatic N) is 3. The van der Waals surface area contributed by atoms with Crippen molar-refractivity contribution < 1.29 is 14.3 Å². The third kappa shape index (κ3) is 4.85. The van der Waals surface area contributed by atoms with Crippen LogP contribution in [0.2, 0.25) is 0 Å². The van der Waals surface area contributed by atoms with Crippen LogP contribution in [-0.2, 0) is 9.53 Å². The van der Waals surface area contributed by atoms with Crippen molar-refractivity contribution in [1.82, 2.24) is 9.99 Å². The van der Waals surface area contributed by atoms with E-state index in [1.807, 2.05) is 56.3 Å². The van der Waals surface area contributed by atoms with Crippen molar-refractivity contribution in [3.05, 3.63) is 95.2 Å². The summed E-state index contributed by atoms with van der Waals surface area (Å²) in [5.74, 6) is 0.622. The average Bonchev–Trinajstić information content (AvgIpc) is 3.35. The maximum absolute atomic E-state index is 13.1. The Morgan fingerprint density at radius 3 is 2.46 bits per heavy atom. The van der Waals surface area contributed by atoms with Crippen LogP contribution in [0.5, 0.6) is 5.75 Å². The van der Waals surface area contributed by atoms with Crippen LogP contribution in [0.25, 0.3) is 22.0 Å². The predicted octanol–water partition coefficient (Wildman–Crippen LogP) is 6.24. The van der Waals surface area contributed by atoms with Crippen LogP contribution in [0.3, 0.4) is 0 Å². The van der Waals surface area contributed by atoms with Gasteiger partial charge in [0.15, 0.2) is 0 Å². The molecule has 1 aromatic heterocycles. The lowest BCUT2D eigenvalue weighted by Gasteiger charge is -2.22. The zero-order valence-corrected chi connectivity index (χ0v) is 21.7. The lowest BCUT2D eigenvalue weighted by Crippen LogP contribution is -2.30. The molecule has 2 heterocycles. The highest BCUT2D eigenvalue weighted by Crippen LogP contribution is 2.39. The molecule has 1 amide bonds. The van der Waals surface area contributed by atoms with Crippen LogP contribution in [-0.4, -0.2) is 41.9 Å². The van der Waals surface area contributed by atoms with Gasteiger partial charge in [-0.25, -0.2) is 5.01 Å². The summed E-state index contributed by atoms with van der Waals surface area (Å²) in [7, 11) is 1.53. The second-order valence-corrected chi connectivity index (χ2v) is 9.27. The van der Waals surface area contributed by atoms with Gasteiger partial charge in [-0.15, -0.1) is 0 Å². The van der Waals surface area contributed by atoms with E-state index in [1.165, 1.54) is 12.7 Å². The van der Waals surface area contributed by atoms with E-state index >= 15 is 0 Å². The molecule has 0 radical (unpaired) electrons. The van der Waals surface area contributed by atoms with Crippen LogP contribution in [0, 0.1) is 13.8 Å². The van der Waals surface area contributed by atoms with Crippen LogP contribution >= 0.6 is 0 Å². The molecule has 5 rings (SSSR count). The Morgan fingerprint density at radius 2 is 1.76 bits per heavy atom. The maximum Gasteiger partial charge on any atom is 0.269 e. The molecule has 0 spiro atoms. The van der Waals surface area contributed by atoms with Crippen LogP contribution in [0.4, 0.5) is 0 Å². The Morgan fingerprint density at radius 1 is 1.00 bits per heavy atom. The molecule has 0 bridgehead atoms. The monoisotopic (exact) mass is 493 g/mol. The van der Waals surface area contributed by atoms with Crippen molar-refractivity contribution in [3.8, 4) is 16.9 Å².